The molecule has 0 saturated carbocycles. The highest BCUT2D eigenvalue weighted by Gasteiger charge is 2.29. The third kappa shape index (κ3) is 3.21. The summed E-state index contributed by atoms with van der Waals surface area (Å²) >= 11 is 0. The van der Waals surface area contributed by atoms with Crippen molar-refractivity contribution in [2.45, 2.75) is 58.4 Å². The Hall–Kier alpha value is -0.570. The first-order valence-electron chi connectivity index (χ1n) is 6.70. The van der Waals surface area contributed by atoms with Gasteiger partial charge >= 0.3 is 0 Å². The molecule has 0 radical (unpaired) electrons. The first-order chi connectivity index (χ1) is 7.67. The molecule has 1 heterocycles. The van der Waals surface area contributed by atoms with Gasteiger partial charge in [0.15, 0.2) is 0 Å². The highest BCUT2D eigenvalue weighted by atomic mass is 16.2. The molecule has 16 heavy (non-hydrogen) atoms. The Labute approximate surface area is 99.4 Å². The van der Waals surface area contributed by atoms with Gasteiger partial charge in [0.05, 0.1) is 5.92 Å². The largest absolute Gasteiger partial charge is 0.350 e. The van der Waals surface area contributed by atoms with Gasteiger partial charge in [0.1, 0.15) is 0 Å². The number of rotatable bonds is 5. The van der Waals surface area contributed by atoms with E-state index in [-0.39, 0.29) is 17.4 Å². The van der Waals surface area contributed by atoms with Gasteiger partial charge in [-0.05, 0) is 38.6 Å². The first-order valence-corrected chi connectivity index (χ1v) is 6.70. The lowest BCUT2D eigenvalue weighted by atomic mass is 9.88. The van der Waals surface area contributed by atoms with Gasteiger partial charge in [-0.1, -0.05) is 20.8 Å². The molecule has 1 saturated heterocycles. The van der Waals surface area contributed by atoms with Crippen LogP contribution in [0.2, 0.25) is 0 Å². The normalized spacial score (nSPS) is 21.8. The molecule has 0 aromatic rings. The fourth-order valence-electron chi connectivity index (χ4n) is 2.45. The number of hydrogen-bond acceptors (Lipinski definition) is 2. The van der Waals surface area contributed by atoms with E-state index < -0.39 is 0 Å². The molecule has 1 rings (SSSR count). The van der Waals surface area contributed by atoms with Crippen LogP contribution in [0, 0.1) is 5.92 Å². The molecular formula is C13H26N2O. The van der Waals surface area contributed by atoms with Crippen LogP contribution in [0.15, 0.2) is 0 Å². The van der Waals surface area contributed by atoms with Gasteiger partial charge in [-0.15, -0.1) is 0 Å². The molecule has 3 heteroatoms. The van der Waals surface area contributed by atoms with Crippen molar-refractivity contribution >= 4 is 5.91 Å². The van der Waals surface area contributed by atoms with Crippen LogP contribution in [0.3, 0.4) is 0 Å². The average molecular weight is 226 g/mol. The van der Waals surface area contributed by atoms with E-state index in [0.29, 0.717) is 0 Å². The Morgan fingerprint density at radius 1 is 1.31 bits per heavy atom. The van der Waals surface area contributed by atoms with Gasteiger partial charge in [0.2, 0.25) is 5.91 Å². The zero-order valence-electron chi connectivity index (χ0n) is 10.9. The van der Waals surface area contributed by atoms with Crippen molar-refractivity contribution in [3.63, 3.8) is 0 Å². The Balaban J connectivity index is 2.53. The van der Waals surface area contributed by atoms with Crippen molar-refractivity contribution in [3.05, 3.63) is 0 Å². The van der Waals surface area contributed by atoms with Gasteiger partial charge in [-0.25, -0.2) is 0 Å². The number of hydrogen-bond donors (Lipinski definition) is 2. The average Bonchev–Trinajstić information content (AvgIpc) is 2.37. The van der Waals surface area contributed by atoms with Crippen LogP contribution >= 0.6 is 0 Å². The van der Waals surface area contributed by atoms with Crippen molar-refractivity contribution in [3.8, 4) is 0 Å². The van der Waals surface area contributed by atoms with Crippen LogP contribution in [-0.4, -0.2) is 24.5 Å². The summed E-state index contributed by atoms with van der Waals surface area (Å²) in [6.07, 6.45) is 5.21. The van der Waals surface area contributed by atoms with Crippen LogP contribution < -0.4 is 10.6 Å². The molecule has 2 N–H and O–H groups in total. The van der Waals surface area contributed by atoms with E-state index in [1.165, 1.54) is 0 Å². The molecule has 0 aromatic heterocycles. The summed E-state index contributed by atoms with van der Waals surface area (Å²) in [6, 6.07) is 0. The van der Waals surface area contributed by atoms with Crippen molar-refractivity contribution in [1.82, 2.24) is 10.6 Å². The predicted octanol–water partition coefficient (Wildman–Crippen LogP) is 2.07. The summed E-state index contributed by atoms with van der Waals surface area (Å²) in [5.74, 6) is 0.426. The lowest BCUT2D eigenvalue weighted by molar-refractivity contribution is -0.127. The SMILES string of the molecule is CCC(CC)(CC)NC(=O)[C@H]1CCCNC1. The summed E-state index contributed by atoms with van der Waals surface area (Å²) < 4.78 is 0. The number of carbonyl (C=O) groups is 1. The minimum Gasteiger partial charge on any atom is -0.350 e. The van der Waals surface area contributed by atoms with E-state index in [0.717, 1.165) is 45.2 Å². The van der Waals surface area contributed by atoms with Crippen molar-refractivity contribution in [2.24, 2.45) is 5.92 Å². The first kappa shape index (κ1) is 13.5. The van der Waals surface area contributed by atoms with Crippen LogP contribution in [-0.2, 0) is 4.79 Å². The van der Waals surface area contributed by atoms with Gasteiger partial charge < -0.3 is 10.6 Å². The summed E-state index contributed by atoms with van der Waals surface area (Å²) in [6.45, 7) is 8.38. The number of amides is 1. The molecule has 3 nitrogen and oxygen atoms in total. The molecular weight excluding hydrogens is 200 g/mol. The van der Waals surface area contributed by atoms with Crippen LogP contribution in [0.5, 0.6) is 0 Å². The monoisotopic (exact) mass is 226 g/mol. The maximum Gasteiger partial charge on any atom is 0.224 e. The van der Waals surface area contributed by atoms with Crippen LogP contribution in [0.25, 0.3) is 0 Å². The Kier molecular flexibility index (Phi) is 5.26. The highest BCUT2D eigenvalue weighted by Crippen LogP contribution is 2.21. The van der Waals surface area contributed by atoms with Gasteiger partial charge in [0.25, 0.3) is 0 Å². The second-order valence-electron chi connectivity index (χ2n) is 4.87. The molecule has 0 spiro atoms. The number of nitrogens with one attached hydrogen (secondary N) is 2. The Morgan fingerprint density at radius 2 is 1.94 bits per heavy atom. The summed E-state index contributed by atoms with van der Waals surface area (Å²) in [5.41, 5.74) is 0.0224. The number of carbonyl (C=O) groups excluding carboxylic acids is 1. The maximum absolute atomic E-state index is 12.1. The fourth-order valence-corrected chi connectivity index (χ4v) is 2.45. The molecule has 1 fully saturated rings. The molecule has 0 unspecified atom stereocenters. The molecule has 94 valence electrons. The molecule has 0 aliphatic carbocycles. The molecule has 1 atom stereocenters. The lowest BCUT2D eigenvalue weighted by Crippen LogP contribution is -2.51. The van der Waals surface area contributed by atoms with Crippen LogP contribution in [0.4, 0.5) is 0 Å². The quantitative estimate of drug-likeness (QED) is 0.753. The van der Waals surface area contributed by atoms with Crippen molar-refractivity contribution in [1.29, 1.82) is 0 Å². The molecule has 0 aromatic carbocycles. The molecule has 0 bridgehead atoms. The lowest BCUT2D eigenvalue weighted by Gasteiger charge is -2.34. The summed E-state index contributed by atoms with van der Waals surface area (Å²) in [5, 5.41) is 6.57. The molecule has 1 aliphatic heterocycles. The van der Waals surface area contributed by atoms with Gasteiger partial charge in [-0.2, -0.15) is 0 Å². The minimum absolute atomic E-state index is 0.0224. The smallest absolute Gasteiger partial charge is 0.224 e. The number of piperidine rings is 1. The maximum atomic E-state index is 12.1. The van der Waals surface area contributed by atoms with Crippen molar-refractivity contribution in [2.75, 3.05) is 13.1 Å². The Bertz CT molecular complexity index is 210. The minimum atomic E-state index is 0.0224. The highest BCUT2D eigenvalue weighted by molar-refractivity contribution is 5.79. The van der Waals surface area contributed by atoms with Gasteiger partial charge in [-0.3, -0.25) is 4.79 Å². The van der Waals surface area contributed by atoms with E-state index in [1.807, 2.05) is 0 Å². The summed E-state index contributed by atoms with van der Waals surface area (Å²) in [4.78, 5) is 12.1. The van der Waals surface area contributed by atoms with E-state index in [2.05, 4.69) is 31.4 Å². The molecule has 1 amide bonds. The topological polar surface area (TPSA) is 41.1 Å². The summed E-state index contributed by atoms with van der Waals surface area (Å²) in [7, 11) is 0. The van der Waals surface area contributed by atoms with E-state index in [9.17, 15) is 4.79 Å². The second kappa shape index (κ2) is 6.24. The van der Waals surface area contributed by atoms with E-state index in [4.69, 9.17) is 0 Å². The van der Waals surface area contributed by atoms with Gasteiger partial charge in [0, 0.05) is 12.1 Å². The zero-order valence-corrected chi connectivity index (χ0v) is 10.9. The predicted molar refractivity (Wildman–Crippen MR) is 67.3 cm³/mol. The van der Waals surface area contributed by atoms with Crippen LogP contribution in [0.1, 0.15) is 52.9 Å². The standard InChI is InChI=1S/C13H26N2O/c1-4-13(5-2,6-3)15-12(16)11-8-7-9-14-10-11/h11,14H,4-10H2,1-3H3,(H,15,16)/t11-/m0/s1. The fraction of sp³-hybridized carbons (Fsp3) is 0.923. The van der Waals surface area contributed by atoms with Crippen molar-refractivity contribution < 1.29 is 4.79 Å². The van der Waals surface area contributed by atoms with E-state index in [1.54, 1.807) is 0 Å². The Morgan fingerprint density at radius 3 is 2.38 bits per heavy atom. The third-order valence-electron chi connectivity index (χ3n) is 4.09. The molecule has 1 aliphatic rings. The zero-order chi connectivity index (χ0) is 12.0. The second-order valence-corrected chi connectivity index (χ2v) is 4.87. The third-order valence-corrected chi connectivity index (χ3v) is 4.09. The van der Waals surface area contributed by atoms with E-state index >= 15 is 0 Å².